The Morgan fingerprint density at radius 1 is 1.17 bits per heavy atom. The first-order chi connectivity index (χ1) is 11.0. The minimum atomic E-state index is -0.521. The predicted octanol–water partition coefficient (Wildman–Crippen LogP) is 2.93. The molecule has 3 rings (SSSR count). The molecule has 1 aliphatic heterocycles. The van der Waals surface area contributed by atoms with Gasteiger partial charge in [-0.25, -0.2) is 8.78 Å². The largest absolute Gasteiger partial charge is 0.392 e. The Morgan fingerprint density at radius 3 is 2.52 bits per heavy atom. The lowest BCUT2D eigenvalue weighted by molar-refractivity contribution is -0.384. The summed E-state index contributed by atoms with van der Waals surface area (Å²) in [5.41, 5.74) is 1.25. The van der Waals surface area contributed by atoms with Crippen molar-refractivity contribution in [2.45, 2.75) is 19.6 Å². The molecule has 0 fully saturated rings. The van der Waals surface area contributed by atoms with Crippen LogP contribution in [0, 0.1) is 21.7 Å². The summed E-state index contributed by atoms with van der Waals surface area (Å²) in [5, 5.41) is 20.4. The van der Waals surface area contributed by atoms with Crippen molar-refractivity contribution in [2.24, 2.45) is 0 Å². The molecule has 0 atom stereocenters. The Bertz CT molecular complexity index is 780. The summed E-state index contributed by atoms with van der Waals surface area (Å²) < 4.78 is 27.8. The van der Waals surface area contributed by atoms with Gasteiger partial charge in [0.05, 0.1) is 11.5 Å². The maximum atomic E-state index is 14.0. The lowest BCUT2D eigenvalue weighted by Gasteiger charge is -2.31. The van der Waals surface area contributed by atoms with Gasteiger partial charge in [-0.3, -0.25) is 10.1 Å². The van der Waals surface area contributed by atoms with Crippen LogP contribution in [0.25, 0.3) is 0 Å². The summed E-state index contributed by atoms with van der Waals surface area (Å²) in [6, 6.07) is 6.47. The second-order valence-corrected chi connectivity index (χ2v) is 5.40. The molecule has 120 valence electrons. The van der Waals surface area contributed by atoms with E-state index in [2.05, 4.69) is 0 Å². The van der Waals surface area contributed by atoms with Crippen LogP contribution in [0.1, 0.15) is 16.7 Å². The molecule has 1 heterocycles. The van der Waals surface area contributed by atoms with E-state index < -0.39 is 16.6 Å². The van der Waals surface area contributed by atoms with Gasteiger partial charge in [0.1, 0.15) is 17.3 Å². The second-order valence-electron chi connectivity index (χ2n) is 5.40. The van der Waals surface area contributed by atoms with E-state index in [9.17, 15) is 24.0 Å². The molecule has 0 unspecified atom stereocenters. The summed E-state index contributed by atoms with van der Waals surface area (Å²) in [4.78, 5) is 12.3. The van der Waals surface area contributed by atoms with E-state index in [1.54, 1.807) is 4.90 Å². The van der Waals surface area contributed by atoms with Crippen molar-refractivity contribution < 1.29 is 18.8 Å². The third-order valence-corrected chi connectivity index (χ3v) is 4.06. The highest BCUT2D eigenvalue weighted by Gasteiger charge is 2.27. The van der Waals surface area contributed by atoms with Crippen LogP contribution in [0.4, 0.5) is 20.2 Å². The van der Waals surface area contributed by atoms with Gasteiger partial charge in [-0.05, 0) is 41.8 Å². The molecule has 0 amide bonds. The van der Waals surface area contributed by atoms with Crippen molar-refractivity contribution in [3.63, 3.8) is 0 Å². The zero-order valence-electron chi connectivity index (χ0n) is 12.1. The number of anilines is 1. The van der Waals surface area contributed by atoms with E-state index in [4.69, 9.17) is 0 Å². The van der Waals surface area contributed by atoms with Crippen molar-refractivity contribution in [2.75, 3.05) is 11.4 Å². The predicted molar refractivity (Wildman–Crippen MR) is 80.1 cm³/mol. The lowest BCUT2D eigenvalue weighted by Crippen LogP contribution is -2.32. The van der Waals surface area contributed by atoms with Gasteiger partial charge in [-0.15, -0.1) is 0 Å². The molecule has 0 bridgehead atoms. The normalized spacial score (nSPS) is 13.8. The average molecular weight is 320 g/mol. The van der Waals surface area contributed by atoms with Crippen LogP contribution >= 0.6 is 0 Å². The lowest BCUT2D eigenvalue weighted by atomic mass is 9.97. The summed E-state index contributed by atoms with van der Waals surface area (Å²) >= 11 is 0. The molecule has 1 N–H and O–H groups in total. The average Bonchev–Trinajstić information content (AvgIpc) is 2.57. The van der Waals surface area contributed by atoms with Crippen LogP contribution in [0.3, 0.4) is 0 Å². The first kappa shape index (κ1) is 15.4. The number of halogens is 2. The van der Waals surface area contributed by atoms with Crippen molar-refractivity contribution >= 4 is 11.4 Å². The van der Waals surface area contributed by atoms with Gasteiger partial charge in [0.2, 0.25) is 0 Å². The molecule has 0 saturated carbocycles. The molecule has 0 spiro atoms. The summed E-state index contributed by atoms with van der Waals surface area (Å²) in [7, 11) is 0. The molecule has 5 nitrogen and oxygen atoms in total. The van der Waals surface area contributed by atoms with Crippen LogP contribution in [0.2, 0.25) is 0 Å². The Morgan fingerprint density at radius 2 is 1.87 bits per heavy atom. The van der Waals surface area contributed by atoms with Gasteiger partial charge < -0.3 is 10.0 Å². The number of aliphatic hydroxyl groups is 1. The summed E-state index contributed by atoms with van der Waals surface area (Å²) in [5.74, 6) is -0.980. The molecular weight excluding hydrogens is 306 g/mol. The highest BCUT2D eigenvalue weighted by Crippen LogP contribution is 2.34. The number of hydrogen-bond donors (Lipinski definition) is 1. The Balaban J connectivity index is 2.04. The molecule has 2 aromatic carbocycles. The topological polar surface area (TPSA) is 66.6 Å². The molecule has 7 heteroatoms. The maximum absolute atomic E-state index is 14.0. The molecular formula is C16H14F2N2O3. The quantitative estimate of drug-likeness (QED) is 0.697. The zero-order valence-corrected chi connectivity index (χ0v) is 12.1. The van der Waals surface area contributed by atoms with Crippen LogP contribution in [-0.2, 0) is 19.6 Å². The van der Waals surface area contributed by atoms with Crippen molar-refractivity contribution in [3.8, 4) is 0 Å². The van der Waals surface area contributed by atoms with Crippen LogP contribution < -0.4 is 4.90 Å². The van der Waals surface area contributed by atoms with E-state index in [0.717, 1.165) is 12.1 Å². The molecule has 0 aromatic heterocycles. The van der Waals surface area contributed by atoms with Gasteiger partial charge in [0.15, 0.2) is 0 Å². The number of benzene rings is 2. The van der Waals surface area contributed by atoms with E-state index >= 15 is 0 Å². The molecule has 0 aliphatic carbocycles. The summed E-state index contributed by atoms with van der Waals surface area (Å²) in [6.07, 6.45) is 0.263. The van der Waals surface area contributed by atoms with Crippen LogP contribution in [0.5, 0.6) is 0 Å². The molecule has 2 aromatic rings. The van der Waals surface area contributed by atoms with Gasteiger partial charge >= 0.3 is 0 Å². The third kappa shape index (κ3) is 2.75. The highest BCUT2D eigenvalue weighted by molar-refractivity contribution is 5.65. The van der Waals surface area contributed by atoms with E-state index in [1.807, 2.05) is 0 Å². The van der Waals surface area contributed by atoms with Crippen molar-refractivity contribution in [3.05, 3.63) is 68.8 Å². The molecule has 0 radical (unpaired) electrons. The van der Waals surface area contributed by atoms with E-state index in [1.165, 1.54) is 18.2 Å². The maximum Gasteiger partial charge on any atom is 0.292 e. The van der Waals surface area contributed by atoms with Gasteiger partial charge in [0, 0.05) is 24.7 Å². The fourth-order valence-electron chi connectivity index (χ4n) is 2.87. The van der Waals surface area contributed by atoms with Gasteiger partial charge in [0.25, 0.3) is 5.69 Å². The number of hydrogen-bond acceptors (Lipinski definition) is 4. The molecule has 23 heavy (non-hydrogen) atoms. The number of fused-ring (bicyclic) bond motifs is 1. The highest BCUT2D eigenvalue weighted by atomic mass is 19.1. The second kappa shape index (κ2) is 5.92. The third-order valence-electron chi connectivity index (χ3n) is 4.06. The number of nitro benzene ring substituents is 1. The van der Waals surface area contributed by atoms with E-state index in [0.29, 0.717) is 23.4 Å². The SMILES string of the molecule is O=[N+]([O-])c1ccc(CO)cc1N1CCc2c(F)ccc(F)c2C1. The molecule has 0 saturated heterocycles. The number of rotatable bonds is 3. The smallest absolute Gasteiger partial charge is 0.292 e. The monoisotopic (exact) mass is 320 g/mol. The summed E-state index contributed by atoms with van der Waals surface area (Å²) in [6.45, 7) is 0.135. The fraction of sp³-hybridized carbons (Fsp3) is 0.250. The van der Waals surface area contributed by atoms with Crippen LogP contribution in [-0.4, -0.2) is 16.6 Å². The fourth-order valence-corrected chi connectivity index (χ4v) is 2.87. The Hall–Kier alpha value is -2.54. The standard InChI is InChI=1S/C16H14F2N2O3/c17-13-2-3-14(18)12-8-19(6-5-11(12)13)16-7-10(9-21)1-4-15(16)20(22)23/h1-4,7,21H,5-6,8-9H2. The number of nitrogens with zero attached hydrogens (tertiary/aromatic N) is 2. The van der Waals surface area contributed by atoms with Crippen LogP contribution in [0.15, 0.2) is 30.3 Å². The first-order valence-corrected chi connectivity index (χ1v) is 7.10. The molecule has 1 aliphatic rings. The number of nitro groups is 1. The van der Waals surface area contributed by atoms with Gasteiger partial charge in [-0.1, -0.05) is 0 Å². The van der Waals surface area contributed by atoms with E-state index in [-0.39, 0.29) is 30.8 Å². The first-order valence-electron chi connectivity index (χ1n) is 7.10. The zero-order chi connectivity index (χ0) is 16.6. The minimum absolute atomic E-state index is 0.0502. The van der Waals surface area contributed by atoms with Crippen molar-refractivity contribution in [1.29, 1.82) is 0 Å². The Kier molecular flexibility index (Phi) is 3.96. The van der Waals surface area contributed by atoms with Crippen molar-refractivity contribution in [1.82, 2.24) is 0 Å². The minimum Gasteiger partial charge on any atom is -0.392 e. The van der Waals surface area contributed by atoms with Gasteiger partial charge in [-0.2, -0.15) is 0 Å². The number of aliphatic hydroxyl groups excluding tert-OH is 1. The Labute approximate surface area is 130 Å².